The van der Waals surface area contributed by atoms with Crippen molar-refractivity contribution in [1.29, 1.82) is 0 Å². The van der Waals surface area contributed by atoms with E-state index in [0.29, 0.717) is 11.2 Å². The molecule has 2 aliphatic rings. The maximum Gasteiger partial charge on any atom is 0.199 e. The number of rotatable bonds is 5. The molecule has 23 heavy (non-hydrogen) atoms. The highest BCUT2D eigenvalue weighted by Gasteiger charge is 2.35. The summed E-state index contributed by atoms with van der Waals surface area (Å²) in [5.74, 6) is 0.692. The highest BCUT2D eigenvalue weighted by atomic mass is 32.1. The van der Waals surface area contributed by atoms with E-state index in [2.05, 4.69) is 16.9 Å². The lowest BCUT2D eigenvalue weighted by Gasteiger charge is -2.44. The zero-order valence-electron chi connectivity index (χ0n) is 14.3. The smallest absolute Gasteiger partial charge is 0.199 e. The maximum absolute atomic E-state index is 9.50. The van der Waals surface area contributed by atoms with Crippen LogP contribution in [0.2, 0.25) is 0 Å². The van der Waals surface area contributed by atoms with Crippen LogP contribution in [0.15, 0.2) is 0 Å². The molecule has 1 aliphatic carbocycles. The Morgan fingerprint density at radius 1 is 1.13 bits per heavy atom. The molecule has 1 saturated heterocycles. The molecule has 0 bridgehead atoms. The fraction of sp³-hybridized carbons (Fsp3) is 0.882. The number of nitrogens with zero attached hydrogens (tertiary/aromatic N) is 4. The Balaban J connectivity index is 1.63. The Labute approximate surface area is 144 Å². The monoisotopic (exact) mass is 338 g/mol. The number of hydrogen-bond donors (Lipinski definition) is 1. The Kier molecular flexibility index (Phi) is 5.54. The van der Waals surface area contributed by atoms with Crippen LogP contribution in [0.5, 0.6) is 0 Å². The molecule has 1 aliphatic heterocycles. The van der Waals surface area contributed by atoms with Crippen LogP contribution in [0.25, 0.3) is 0 Å². The van der Waals surface area contributed by atoms with Crippen molar-refractivity contribution >= 4 is 12.2 Å². The molecule has 2 fully saturated rings. The van der Waals surface area contributed by atoms with Crippen LogP contribution >= 0.6 is 12.2 Å². The second kappa shape index (κ2) is 7.45. The summed E-state index contributed by atoms with van der Waals surface area (Å²) in [7, 11) is 0. The van der Waals surface area contributed by atoms with Gasteiger partial charge in [0.2, 0.25) is 0 Å². The fourth-order valence-corrected chi connectivity index (χ4v) is 4.60. The molecule has 1 N–H and O–H groups in total. The van der Waals surface area contributed by atoms with Gasteiger partial charge in [0.1, 0.15) is 6.61 Å². The summed E-state index contributed by atoms with van der Waals surface area (Å²) in [6.07, 6.45) is 10.8. The maximum atomic E-state index is 9.50. The van der Waals surface area contributed by atoms with Gasteiger partial charge in [0.15, 0.2) is 10.6 Å². The van der Waals surface area contributed by atoms with Crippen molar-refractivity contribution < 1.29 is 5.11 Å². The summed E-state index contributed by atoms with van der Waals surface area (Å²) in [6, 6.07) is 0. The van der Waals surface area contributed by atoms with E-state index >= 15 is 0 Å². The lowest BCUT2D eigenvalue weighted by Crippen LogP contribution is -2.41. The minimum absolute atomic E-state index is 0.0419. The molecule has 130 valence electrons. The summed E-state index contributed by atoms with van der Waals surface area (Å²) < 4.78 is 4.62. The third kappa shape index (κ3) is 3.69. The molecule has 3 rings (SSSR count). The van der Waals surface area contributed by atoms with Crippen molar-refractivity contribution in [3.05, 3.63) is 10.6 Å². The molecule has 5 nitrogen and oxygen atoms in total. The van der Waals surface area contributed by atoms with E-state index < -0.39 is 0 Å². The fourth-order valence-electron chi connectivity index (χ4n) is 4.30. The van der Waals surface area contributed by atoms with Crippen LogP contribution in [0.1, 0.15) is 64.1 Å². The van der Waals surface area contributed by atoms with Crippen LogP contribution in [0, 0.1) is 10.2 Å². The van der Waals surface area contributed by atoms with E-state index in [1.54, 1.807) is 0 Å². The number of aliphatic hydroxyl groups is 1. The first-order valence-corrected chi connectivity index (χ1v) is 9.58. The molecule has 0 atom stereocenters. The second-order valence-electron chi connectivity index (χ2n) is 7.33. The molecule has 1 saturated carbocycles. The minimum atomic E-state index is -0.0419. The summed E-state index contributed by atoms with van der Waals surface area (Å²) in [4.78, 5) is 2.47. The van der Waals surface area contributed by atoms with E-state index in [9.17, 15) is 5.11 Å². The molecule has 6 heteroatoms. The molecule has 0 radical (unpaired) electrons. The highest BCUT2D eigenvalue weighted by molar-refractivity contribution is 7.71. The lowest BCUT2D eigenvalue weighted by molar-refractivity contribution is 0.0493. The number of aliphatic hydroxyl groups excluding tert-OH is 1. The predicted molar refractivity (Wildman–Crippen MR) is 93.6 cm³/mol. The number of aromatic nitrogens is 3. The van der Waals surface area contributed by atoms with Crippen LogP contribution in [-0.4, -0.2) is 37.4 Å². The molecular formula is C17H30N4OS. The van der Waals surface area contributed by atoms with Crippen molar-refractivity contribution in [2.75, 3.05) is 13.1 Å². The molecular weight excluding hydrogens is 308 g/mol. The zero-order valence-corrected chi connectivity index (χ0v) is 15.2. The average molecular weight is 339 g/mol. The van der Waals surface area contributed by atoms with Gasteiger partial charge in [-0.1, -0.05) is 26.2 Å². The molecule has 0 unspecified atom stereocenters. The van der Waals surface area contributed by atoms with E-state index in [4.69, 9.17) is 12.2 Å². The topological polar surface area (TPSA) is 46.2 Å². The van der Waals surface area contributed by atoms with Gasteiger partial charge in [0.25, 0.3) is 0 Å². The molecule has 0 amide bonds. The zero-order chi connectivity index (χ0) is 16.3. The normalized spacial score (nSPS) is 21.8. The molecule has 1 spiro atoms. The Morgan fingerprint density at radius 3 is 2.43 bits per heavy atom. The molecule has 2 heterocycles. The Hall–Kier alpha value is -0.720. The van der Waals surface area contributed by atoms with Gasteiger partial charge >= 0.3 is 0 Å². The summed E-state index contributed by atoms with van der Waals surface area (Å²) >= 11 is 5.56. The van der Waals surface area contributed by atoms with E-state index in [1.807, 2.05) is 9.25 Å². The first kappa shape index (κ1) is 17.1. The first-order valence-electron chi connectivity index (χ1n) is 9.17. The van der Waals surface area contributed by atoms with Gasteiger partial charge in [-0.15, -0.1) is 0 Å². The largest absolute Gasteiger partial charge is 0.388 e. The first-order chi connectivity index (χ1) is 11.2. The van der Waals surface area contributed by atoms with Crippen LogP contribution in [-0.2, 0) is 19.8 Å². The molecule has 1 aromatic rings. The third-order valence-corrected chi connectivity index (χ3v) is 6.18. The standard InChI is InChI=1S/C17H30N4OS/c1-2-10-20-15(13-22)18-21(16(20)23)14-19-11-8-17(9-12-19)6-4-3-5-7-17/h22H,2-14H2,1H3. The lowest BCUT2D eigenvalue weighted by atomic mass is 9.68. The van der Waals surface area contributed by atoms with Gasteiger partial charge < -0.3 is 9.67 Å². The van der Waals surface area contributed by atoms with Crippen LogP contribution < -0.4 is 0 Å². The second-order valence-corrected chi connectivity index (χ2v) is 7.69. The summed E-state index contributed by atoms with van der Waals surface area (Å²) in [5.41, 5.74) is 0.633. The van der Waals surface area contributed by atoms with Crippen molar-refractivity contribution in [1.82, 2.24) is 19.2 Å². The van der Waals surface area contributed by atoms with Crippen LogP contribution in [0.4, 0.5) is 0 Å². The average Bonchev–Trinajstić information content (AvgIpc) is 2.87. The van der Waals surface area contributed by atoms with E-state index in [-0.39, 0.29) is 6.61 Å². The van der Waals surface area contributed by atoms with E-state index in [1.165, 1.54) is 44.9 Å². The van der Waals surface area contributed by atoms with Crippen molar-refractivity contribution in [3.63, 3.8) is 0 Å². The third-order valence-electron chi connectivity index (χ3n) is 5.75. The van der Waals surface area contributed by atoms with Crippen molar-refractivity contribution in [2.24, 2.45) is 5.41 Å². The van der Waals surface area contributed by atoms with Crippen molar-refractivity contribution in [3.8, 4) is 0 Å². The van der Waals surface area contributed by atoms with Crippen molar-refractivity contribution in [2.45, 2.75) is 78.1 Å². The predicted octanol–water partition coefficient (Wildman–Crippen LogP) is 3.32. The SMILES string of the molecule is CCCn1c(CO)nn(CN2CCC3(CCCCC3)CC2)c1=S. The highest BCUT2D eigenvalue weighted by Crippen LogP contribution is 2.44. The Morgan fingerprint density at radius 2 is 1.83 bits per heavy atom. The number of hydrogen-bond acceptors (Lipinski definition) is 4. The van der Waals surface area contributed by atoms with Gasteiger partial charge in [-0.25, -0.2) is 4.68 Å². The Bertz CT molecular complexity index is 564. The van der Waals surface area contributed by atoms with Crippen LogP contribution in [0.3, 0.4) is 0 Å². The van der Waals surface area contributed by atoms with Gasteiger partial charge in [0.05, 0.1) is 6.67 Å². The van der Waals surface area contributed by atoms with Gasteiger partial charge in [0, 0.05) is 19.6 Å². The molecule has 0 aromatic carbocycles. The number of likely N-dealkylation sites (tertiary alicyclic amines) is 1. The van der Waals surface area contributed by atoms with E-state index in [0.717, 1.165) is 37.5 Å². The van der Waals surface area contributed by atoms with Gasteiger partial charge in [-0.05, 0) is 49.7 Å². The molecule has 1 aromatic heterocycles. The van der Waals surface area contributed by atoms with Gasteiger partial charge in [-0.3, -0.25) is 4.90 Å². The summed E-state index contributed by atoms with van der Waals surface area (Å²) in [5, 5.41) is 14.0. The summed E-state index contributed by atoms with van der Waals surface area (Å²) in [6.45, 7) is 5.97. The van der Waals surface area contributed by atoms with Gasteiger partial charge in [-0.2, -0.15) is 5.10 Å². The minimum Gasteiger partial charge on any atom is -0.388 e. The number of piperidine rings is 1. The quantitative estimate of drug-likeness (QED) is 0.837.